The first-order chi connectivity index (χ1) is 9.99. The maximum atomic E-state index is 11.5. The third-order valence-electron chi connectivity index (χ3n) is 4.25. The third kappa shape index (κ3) is 2.19. The van der Waals surface area contributed by atoms with Gasteiger partial charge in [0.2, 0.25) is 5.88 Å². The highest BCUT2D eigenvalue weighted by Crippen LogP contribution is 2.35. The highest BCUT2D eigenvalue weighted by Gasteiger charge is 2.27. The number of fused-ring (bicyclic) bond motifs is 1. The summed E-state index contributed by atoms with van der Waals surface area (Å²) in [4.78, 5) is 13.7. The number of hydrogen-bond donors (Lipinski definition) is 2. The molecule has 0 radical (unpaired) electrons. The standard InChI is InChI=1S/C16H18N2O3/c1-10-7-14(19)18(21)16(20)15(10)11(2)17-8-12-5-3-4-6-13(12)9-17/h3-7,11,20-21H,8-9H2,1-2H3. The minimum Gasteiger partial charge on any atom is -0.492 e. The summed E-state index contributed by atoms with van der Waals surface area (Å²) in [5, 5.41) is 19.7. The van der Waals surface area contributed by atoms with E-state index in [0.717, 1.165) is 13.1 Å². The van der Waals surface area contributed by atoms with E-state index in [1.165, 1.54) is 17.2 Å². The summed E-state index contributed by atoms with van der Waals surface area (Å²) < 4.78 is 0.308. The van der Waals surface area contributed by atoms with Gasteiger partial charge >= 0.3 is 0 Å². The molecule has 5 heteroatoms. The van der Waals surface area contributed by atoms with Crippen molar-refractivity contribution in [2.24, 2.45) is 0 Å². The number of rotatable bonds is 2. The molecule has 0 fully saturated rings. The number of aromatic hydroxyl groups is 1. The predicted octanol–water partition coefficient (Wildman–Crippen LogP) is 2.18. The molecular weight excluding hydrogens is 268 g/mol. The van der Waals surface area contributed by atoms with E-state index in [0.29, 0.717) is 15.9 Å². The zero-order chi connectivity index (χ0) is 15.1. The van der Waals surface area contributed by atoms with Crippen molar-refractivity contribution in [2.45, 2.75) is 33.0 Å². The van der Waals surface area contributed by atoms with E-state index in [1.807, 2.05) is 19.1 Å². The average molecular weight is 286 g/mol. The summed E-state index contributed by atoms with van der Waals surface area (Å²) in [5.41, 5.74) is 3.21. The van der Waals surface area contributed by atoms with Gasteiger partial charge in [0.15, 0.2) is 0 Å². The highest BCUT2D eigenvalue weighted by molar-refractivity contribution is 5.37. The third-order valence-corrected chi connectivity index (χ3v) is 4.25. The molecule has 21 heavy (non-hydrogen) atoms. The fourth-order valence-electron chi connectivity index (χ4n) is 3.05. The Morgan fingerprint density at radius 1 is 1.19 bits per heavy atom. The van der Waals surface area contributed by atoms with Gasteiger partial charge in [-0.1, -0.05) is 24.3 Å². The van der Waals surface area contributed by atoms with Crippen molar-refractivity contribution in [3.8, 4) is 5.88 Å². The van der Waals surface area contributed by atoms with Gasteiger partial charge in [-0.15, -0.1) is 4.73 Å². The van der Waals surface area contributed by atoms with Crippen LogP contribution in [0.3, 0.4) is 0 Å². The quantitative estimate of drug-likeness (QED) is 0.830. The Bertz CT molecular complexity index is 727. The fraction of sp³-hybridized carbons (Fsp3) is 0.312. The van der Waals surface area contributed by atoms with Gasteiger partial charge in [-0.05, 0) is 30.5 Å². The molecule has 1 aliphatic rings. The lowest BCUT2D eigenvalue weighted by molar-refractivity contribution is 0.134. The normalized spacial score (nSPS) is 15.9. The number of aromatic nitrogens is 1. The van der Waals surface area contributed by atoms with Crippen molar-refractivity contribution < 1.29 is 10.3 Å². The van der Waals surface area contributed by atoms with Gasteiger partial charge in [0.25, 0.3) is 5.56 Å². The van der Waals surface area contributed by atoms with E-state index < -0.39 is 5.56 Å². The molecular formula is C16H18N2O3. The summed E-state index contributed by atoms with van der Waals surface area (Å²) >= 11 is 0. The Labute approximate surface area is 122 Å². The molecule has 0 saturated carbocycles. The number of nitrogens with zero attached hydrogens (tertiary/aromatic N) is 2. The minimum absolute atomic E-state index is 0.101. The predicted molar refractivity (Wildman–Crippen MR) is 78.4 cm³/mol. The van der Waals surface area contributed by atoms with Crippen LogP contribution < -0.4 is 5.56 Å². The van der Waals surface area contributed by atoms with Gasteiger partial charge < -0.3 is 10.3 Å². The van der Waals surface area contributed by atoms with Crippen molar-refractivity contribution >= 4 is 0 Å². The smallest absolute Gasteiger partial charge is 0.286 e. The molecule has 1 atom stereocenters. The zero-order valence-electron chi connectivity index (χ0n) is 12.1. The first kappa shape index (κ1) is 13.7. The molecule has 1 aromatic heterocycles. The van der Waals surface area contributed by atoms with Crippen LogP contribution in [-0.2, 0) is 13.1 Å². The number of pyridine rings is 1. The Kier molecular flexibility index (Phi) is 3.22. The van der Waals surface area contributed by atoms with Crippen molar-refractivity contribution in [1.29, 1.82) is 0 Å². The molecule has 1 aliphatic heterocycles. The first-order valence-corrected chi connectivity index (χ1v) is 6.94. The van der Waals surface area contributed by atoms with Gasteiger partial charge in [-0.2, -0.15) is 0 Å². The molecule has 2 heterocycles. The minimum atomic E-state index is -0.620. The topological polar surface area (TPSA) is 65.7 Å². The van der Waals surface area contributed by atoms with Gasteiger partial charge in [0.1, 0.15) is 0 Å². The van der Waals surface area contributed by atoms with Crippen molar-refractivity contribution in [3.05, 3.63) is 62.9 Å². The van der Waals surface area contributed by atoms with E-state index in [4.69, 9.17) is 0 Å². The van der Waals surface area contributed by atoms with Gasteiger partial charge in [0, 0.05) is 30.8 Å². The molecule has 0 bridgehead atoms. The molecule has 110 valence electrons. The van der Waals surface area contributed by atoms with Crippen molar-refractivity contribution in [3.63, 3.8) is 0 Å². The maximum absolute atomic E-state index is 11.5. The lowest BCUT2D eigenvalue weighted by Crippen LogP contribution is -2.25. The first-order valence-electron chi connectivity index (χ1n) is 6.94. The second-order valence-corrected chi connectivity index (χ2v) is 5.56. The Hall–Kier alpha value is -2.27. The molecule has 0 amide bonds. The summed E-state index contributed by atoms with van der Waals surface area (Å²) in [6.45, 7) is 5.33. The summed E-state index contributed by atoms with van der Waals surface area (Å²) in [7, 11) is 0. The van der Waals surface area contributed by atoms with Crippen molar-refractivity contribution in [1.82, 2.24) is 9.63 Å². The summed E-state index contributed by atoms with van der Waals surface area (Å²) in [6, 6.07) is 9.47. The molecule has 0 spiro atoms. The van der Waals surface area contributed by atoms with Crippen LogP contribution in [0.1, 0.15) is 35.2 Å². The van der Waals surface area contributed by atoms with Crippen LogP contribution in [0, 0.1) is 6.92 Å². The van der Waals surface area contributed by atoms with Gasteiger partial charge in [0.05, 0.1) is 0 Å². The summed E-state index contributed by atoms with van der Waals surface area (Å²) in [5.74, 6) is -0.372. The summed E-state index contributed by atoms with van der Waals surface area (Å²) in [6.07, 6.45) is 0. The SMILES string of the molecule is Cc1cc(=O)n(O)c(O)c1C(C)N1Cc2ccccc2C1. The van der Waals surface area contributed by atoms with Crippen LogP contribution >= 0.6 is 0 Å². The highest BCUT2D eigenvalue weighted by atomic mass is 16.5. The lowest BCUT2D eigenvalue weighted by Gasteiger charge is -2.26. The second kappa shape index (κ2) is 4.93. The molecule has 0 saturated heterocycles. The Morgan fingerprint density at radius 3 is 2.33 bits per heavy atom. The molecule has 3 rings (SSSR count). The number of hydrogen-bond acceptors (Lipinski definition) is 4. The average Bonchev–Trinajstić information content (AvgIpc) is 2.88. The Morgan fingerprint density at radius 2 is 1.76 bits per heavy atom. The van der Waals surface area contributed by atoms with E-state index in [9.17, 15) is 15.1 Å². The monoisotopic (exact) mass is 286 g/mol. The number of aryl methyl sites for hydroxylation is 1. The lowest BCUT2D eigenvalue weighted by atomic mass is 10.0. The molecule has 2 aromatic rings. The zero-order valence-corrected chi connectivity index (χ0v) is 12.1. The largest absolute Gasteiger partial charge is 0.492 e. The van der Waals surface area contributed by atoms with E-state index in [-0.39, 0.29) is 11.9 Å². The second-order valence-electron chi connectivity index (χ2n) is 5.56. The van der Waals surface area contributed by atoms with Crippen LogP contribution in [0.2, 0.25) is 0 Å². The molecule has 0 aliphatic carbocycles. The molecule has 5 nitrogen and oxygen atoms in total. The fourth-order valence-corrected chi connectivity index (χ4v) is 3.05. The Balaban J connectivity index is 1.96. The maximum Gasteiger partial charge on any atom is 0.286 e. The van der Waals surface area contributed by atoms with Gasteiger partial charge in [-0.3, -0.25) is 9.69 Å². The van der Waals surface area contributed by atoms with Gasteiger partial charge in [-0.25, -0.2) is 0 Å². The van der Waals surface area contributed by atoms with Crippen LogP contribution in [0.4, 0.5) is 0 Å². The molecule has 2 N–H and O–H groups in total. The van der Waals surface area contributed by atoms with Crippen LogP contribution in [0.15, 0.2) is 35.1 Å². The number of benzene rings is 1. The van der Waals surface area contributed by atoms with E-state index in [1.54, 1.807) is 6.92 Å². The van der Waals surface area contributed by atoms with E-state index in [2.05, 4.69) is 17.0 Å². The van der Waals surface area contributed by atoms with Crippen LogP contribution in [-0.4, -0.2) is 19.9 Å². The van der Waals surface area contributed by atoms with Crippen molar-refractivity contribution in [2.75, 3.05) is 0 Å². The van der Waals surface area contributed by atoms with E-state index >= 15 is 0 Å². The molecule has 1 aromatic carbocycles. The van der Waals surface area contributed by atoms with Crippen LogP contribution in [0.25, 0.3) is 0 Å². The molecule has 1 unspecified atom stereocenters. The van der Waals surface area contributed by atoms with Crippen LogP contribution in [0.5, 0.6) is 5.88 Å².